The minimum atomic E-state index is -3.68. The lowest BCUT2D eigenvalue weighted by molar-refractivity contribution is 0.523. The zero-order valence-corrected chi connectivity index (χ0v) is 19.2. The molecule has 0 radical (unpaired) electrons. The molecule has 31 heavy (non-hydrogen) atoms. The van der Waals surface area contributed by atoms with E-state index in [2.05, 4.69) is 48.1 Å². The van der Waals surface area contributed by atoms with Crippen LogP contribution in [0.3, 0.4) is 0 Å². The van der Waals surface area contributed by atoms with Crippen molar-refractivity contribution < 1.29 is 8.42 Å². The summed E-state index contributed by atoms with van der Waals surface area (Å²) in [6.45, 7) is 4.01. The Hall–Kier alpha value is -2.60. The van der Waals surface area contributed by atoms with Gasteiger partial charge < -0.3 is 0 Å². The van der Waals surface area contributed by atoms with Crippen molar-refractivity contribution in [2.45, 2.75) is 29.7 Å². The highest BCUT2D eigenvalue weighted by atomic mass is 32.2. The van der Waals surface area contributed by atoms with Crippen LogP contribution in [0.25, 0.3) is 0 Å². The van der Waals surface area contributed by atoms with Crippen molar-refractivity contribution in [3.05, 3.63) is 119 Å². The summed E-state index contributed by atoms with van der Waals surface area (Å²) in [7, 11) is -3.68. The number of hydrogen-bond donors (Lipinski definition) is 1. The van der Waals surface area contributed by atoms with E-state index in [4.69, 9.17) is 0 Å². The van der Waals surface area contributed by atoms with Gasteiger partial charge in [0.05, 0.1) is 10.9 Å². The van der Waals surface area contributed by atoms with Gasteiger partial charge in [0.25, 0.3) is 0 Å². The van der Waals surface area contributed by atoms with Crippen LogP contribution < -0.4 is 4.72 Å². The highest BCUT2D eigenvalue weighted by Crippen LogP contribution is 2.42. The van der Waals surface area contributed by atoms with Gasteiger partial charge in [0.2, 0.25) is 10.0 Å². The number of rotatable bonds is 7. The van der Waals surface area contributed by atoms with E-state index in [0.717, 1.165) is 20.9 Å². The lowest BCUT2D eigenvalue weighted by Crippen LogP contribution is -2.33. The molecule has 0 aliphatic heterocycles. The summed E-state index contributed by atoms with van der Waals surface area (Å²) in [5.41, 5.74) is 3.18. The molecule has 1 unspecified atom stereocenters. The average Bonchev–Trinajstić information content (AvgIpc) is 3.22. The molecule has 0 saturated heterocycles. The van der Waals surface area contributed by atoms with Crippen LogP contribution in [-0.2, 0) is 10.0 Å². The Labute approximate surface area is 189 Å². The average molecular weight is 448 g/mol. The van der Waals surface area contributed by atoms with Crippen molar-refractivity contribution >= 4 is 21.8 Å². The van der Waals surface area contributed by atoms with E-state index in [-0.39, 0.29) is 10.8 Å². The Morgan fingerprint density at radius 1 is 0.839 bits per heavy atom. The first-order chi connectivity index (χ1) is 14.9. The van der Waals surface area contributed by atoms with E-state index < -0.39 is 16.1 Å². The van der Waals surface area contributed by atoms with Crippen LogP contribution in [0.4, 0.5) is 0 Å². The topological polar surface area (TPSA) is 46.2 Å². The van der Waals surface area contributed by atoms with E-state index in [0.29, 0.717) is 0 Å². The second-order valence-corrected chi connectivity index (χ2v) is 10.6. The third-order valence-electron chi connectivity index (χ3n) is 5.30. The molecule has 0 heterocycles. The fraction of sp³-hybridized carbons (Fsp3) is 0.154. The zero-order valence-electron chi connectivity index (χ0n) is 17.5. The van der Waals surface area contributed by atoms with Crippen LogP contribution in [-0.4, -0.2) is 8.42 Å². The molecular weight excluding hydrogens is 422 g/mol. The SMILES string of the molecule is Cc1ccc(SC2=CC=CC2[C@H](NS(=O)(=O)c2ccc(C)cc2)c2ccccc2)cc1. The van der Waals surface area contributed by atoms with Gasteiger partial charge in [0, 0.05) is 10.8 Å². The molecule has 0 aromatic heterocycles. The first-order valence-corrected chi connectivity index (χ1v) is 12.5. The third kappa shape index (κ3) is 5.18. The summed E-state index contributed by atoms with van der Waals surface area (Å²) in [5.74, 6) is -0.0890. The standard InChI is InChI=1S/C26H25NO2S2/c1-19-11-15-22(16-12-19)30-25-10-6-9-24(25)26(21-7-4-3-5-8-21)27-31(28,29)23-17-13-20(2)14-18-23/h3-18,24,26-27H,1-2H3/t24?,26-/m1/s1. The van der Waals surface area contributed by atoms with Gasteiger partial charge in [0.15, 0.2) is 0 Å². The predicted octanol–water partition coefficient (Wildman–Crippen LogP) is 6.19. The summed E-state index contributed by atoms with van der Waals surface area (Å²) >= 11 is 1.68. The number of benzene rings is 3. The Morgan fingerprint density at radius 3 is 2.10 bits per heavy atom. The molecule has 2 atom stereocenters. The molecular formula is C26H25NO2S2. The quantitative estimate of drug-likeness (QED) is 0.470. The second kappa shape index (κ2) is 9.27. The summed E-state index contributed by atoms with van der Waals surface area (Å²) < 4.78 is 29.4. The predicted molar refractivity (Wildman–Crippen MR) is 128 cm³/mol. The number of thioether (sulfide) groups is 1. The Bertz CT molecular complexity index is 1200. The first-order valence-electron chi connectivity index (χ1n) is 10.2. The molecule has 1 aliphatic rings. The summed E-state index contributed by atoms with van der Waals surface area (Å²) in [4.78, 5) is 2.53. The third-order valence-corrected chi connectivity index (χ3v) is 7.90. The molecule has 4 rings (SSSR count). The molecule has 1 N–H and O–H groups in total. The van der Waals surface area contributed by atoms with Gasteiger partial charge in [-0.15, -0.1) is 0 Å². The molecule has 3 aromatic rings. The van der Waals surface area contributed by atoms with Crippen LogP contribution in [0.2, 0.25) is 0 Å². The zero-order chi connectivity index (χ0) is 21.8. The van der Waals surface area contributed by atoms with Crippen LogP contribution in [0.15, 0.2) is 112 Å². The molecule has 5 heteroatoms. The molecule has 0 fully saturated rings. The number of allylic oxidation sites excluding steroid dienone is 2. The van der Waals surface area contributed by atoms with Gasteiger partial charge in [-0.25, -0.2) is 13.1 Å². The number of sulfonamides is 1. The number of hydrogen-bond acceptors (Lipinski definition) is 3. The number of aryl methyl sites for hydroxylation is 2. The van der Waals surface area contributed by atoms with Gasteiger partial charge in [0.1, 0.15) is 0 Å². The van der Waals surface area contributed by atoms with Crippen LogP contribution >= 0.6 is 11.8 Å². The van der Waals surface area contributed by atoms with Gasteiger partial charge in [-0.3, -0.25) is 0 Å². The smallest absolute Gasteiger partial charge is 0.207 e. The summed E-state index contributed by atoms with van der Waals surface area (Å²) in [6, 6.07) is 24.7. The van der Waals surface area contributed by atoms with Crippen LogP contribution in [0.1, 0.15) is 22.7 Å². The summed E-state index contributed by atoms with van der Waals surface area (Å²) in [6.07, 6.45) is 6.16. The second-order valence-electron chi connectivity index (χ2n) is 7.72. The van der Waals surface area contributed by atoms with E-state index >= 15 is 0 Å². The summed E-state index contributed by atoms with van der Waals surface area (Å²) in [5, 5.41) is 0. The van der Waals surface area contributed by atoms with Gasteiger partial charge >= 0.3 is 0 Å². The molecule has 0 amide bonds. The lowest BCUT2D eigenvalue weighted by atomic mass is 9.95. The first kappa shape index (κ1) is 21.6. The van der Waals surface area contributed by atoms with Crippen molar-refractivity contribution in [2.75, 3.05) is 0 Å². The maximum Gasteiger partial charge on any atom is 0.241 e. The minimum absolute atomic E-state index is 0.0890. The van der Waals surface area contributed by atoms with Gasteiger partial charge in [-0.1, -0.05) is 95.7 Å². The fourth-order valence-electron chi connectivity index (χ4n) is 3.56. The van der Waals surface area contributed by atoms with Crippen molar-refractivity contribution in [3.8, 4) is 0 Å². The van der Waals surface area contributed by atoms with E-state index in [1.54, 1.807) is 23.9 Å². The Morgan fingerprint density at radius 2 is 1.45 bits per heavy atom. The Kier molecular flexibility index (Phi) is 6.46. The molecule has 3 nitrogen and oxygen atoms in total. The Balaban J connectivity index is 1.65. The maximum atomic E-state index is 13.2. The lowest BCUT2D eigenvalue weighted by Gasteiger charge is -2.26. The van der Waals surface area contributed by atoms with Crippen LogP contribution in [0.5, 0.6) is 0 Å². The van der Waals surface area contributed by atoms with E-state index in [1.165, 1.54) is 5.56 Å². The van der Waals surface area contributed by atoms with Crippen molar-refractivity contribution in [1.82, 2.24) is 4.72 Å². The van der Waals surface area contributed by atoms with Gasteiger partial charge in [-0.05, 0) is 48.6 Å². The maximum absolute atomic E-state index is 13.2. The monoisotopic (exact) mass is 447 g/mol. The highest BCUT2D eigenvalue weighted by molar-refractivity contribution is 8.03. The highest BCUT2D eigenvalue weighted by Gasteiger charge is 2.31. The van der Waals surface area contributed by atoms with Crippen LogP contribution in [0, 0.1) is 19.8 Å². The molecule has 158 valence electrons. The van der Waals surface area contributed by atoms with Crippen molar-refractivity contribution in [2.24, 2.45) is 5.92 Å². The molecule has 1 aliphatic carbocycles. The van der Waals surface area contributed by atoms with E-state index in [1.807, 2.05) is 55.5 Å². The minimum Gasteiger partial charge on any atom is -0.207 e. The van der Waals surface area contributed by atoms with Crippen molar-refractivity contribution in [1.29, 1.82) is 0 Å². The number of nitrogens with one attached hydrogen (secondary N) is 1. The van der Waals surface area contributed by atoms with E-state index in [9.17, 15) is 8.42 Å². The molecule has 3 aromatic carbocycles. The largest absolute Gasteiger partial charge is 0.241 e. The normalized spacial score (nSPS) is 16.8. The molecule has 0 spiro atoms. The fourth-order valence-corrected chi connectivity index (χ4v) is 5.85. The van der Waals surface area contributed by atoms with Crippen molar-refractivity contribution in [3.63, 3.8) is 0 Å². The molecule has 0 saturated carbocycles. The molecule has 0 bridgehead atoms. The van der Waals surface area contributed by atoms with Gasteiger partial charge in [-0.2, -0.15) is 0 Å².